The molecule has 2 aliphatic carbocycles. The number of phenols is 1. The summed E-state index contributed by atoms with van der Waals surface area (Å²) in [7, 11) is 4.04. The summed E-state index contributed by atoms with van der Waals surface area (Å²) in [6.45, 7) is 0.911. The minimum Gasteiger partial charge on any atom is -0.504 e. The van der Waals surface area contributed by atoms with E-state index in [4.69, 9.17) is 4.74 Å². The Hall–Kier alpha value is -2.05. The number of hydrogen-bond acceptors (Lipinski definition) is 5. The van der Waals surface area contributed by atoms with Gasteiger partial charge in [-0.25, -0.2) is 0 Å². The van der Waals surface area contributed by atoms with Crippen LogP contribution in [0.3, 0.4) is 0 Å². The molecule has 6 rings (SSSR count). The maximum atomic E-state index is 12.1. The van der Waals surface area contributed by atoms with Gasteiger partial charge in [-0.05, 0) is 38.1 Å². The van der Waals surface area contributed by atoms with Crippen LogP contribution in [0.25, 0.3) is 0 Å². The van der Waals surface area contributed by atoms with Crippen LogP contribution in [0.2, 0.25) is 0 Å². The molecule has 0 radical (unpaired) electrons. The van der Waals surface area contributed by atoms with Crippen LogP contribution >= 0.6 is 0 Å². The minimum atomic E-state index is -0.910. The van der Waals surface area contributed by atoms with Crippen LogP contribution in [0, 0.1) is 0 Å². The highest BCUT2D eigenvalue weighted by Gasteiger charge is 2.72. The van der Waals surface area contributed by atoms with E-state index in [9.17, 15) is 10.2 Å². The molecule has 1 spiro atoms. The zero-order valence-electron chi connectivity index (χ0n) is 14.4. The molecule has 3 heterocycles. The highest BCUT2D eigenvalue weighted by Crippen LogP contribution is 2.68. The third-order valence-corrected chi connectivity index (χ3v) is 7.25. The van der Waals surface area contributed by atoms with Gasteiger partial charge in [-0.1, -0.05) is 6.07 Å². The van der Waals surface area contributed by atoms with E-state index in [0.29, 0.717) is 12.2 Å². The van der Waals surface area contributed by atoms with E-state index >= 15 is 0 Å². The number of benzene rings is 1. The van der Waals surface area contributed by atoms with E-state index < -0.39 is 11.0 Å². The molecule has 4 aliphatic rings. The van der Waals surface area contributed by atoms with Gasteiger partial charge in [0.05, 0.1) is 22.9 Å². The third-order valence-electron chi connectivity index (χ3n) is 7.25. The molecule has 6 heteroatoms. The number of likely N-dealkylation sites (N-methyl/N-ethyl adjacent to an activating group) is 1. The largest absolute Gasteiger partial charge is 0.504 e. The molecule has 1 aromatic heterocycles. The van der Waals surface area contributed by atoms with Crippen LogP contribution in [0.15, 0.2) is 18.3 Å². The lowest BCUT2D eigenvalue weighted by atomic mass is 9.49. The quantitative estimate of drug-likeness (QED) is 0.751. The van der Waals surface area contributed by atoms with Gasteiger partial charge < -0.3 is 19.8 Å². The number of piperidine rings is 1. The van der Waals surface area contributed by atoms with Gasteiger partial charge in [-0.2, -0.15) is 5.10 Å². The van der Waals surface area contributed by atoms with Gasteiger partial charge in [0.25, 0.3) is 0 Å². The molecule has 2 aromatic rings. The number of aliphatic hydroxyl groups is 1. The Labute approximate surface area is 145 Å². The monoisotopic (exact) mass is 339 g/mol. The fourth-order valence-electron chi connectivity index (χ4n) is 6.18. The molecule has 1 aromatic carbocycles. The number of phenolic OH excluding ortho intramolecular Hbond substituents is 1. The second kappa shape index (κ2) is 4.02. The Bertz CT molecular complexity index is 938. The second-order valence-electron chi connectivity index (χ2n) is 8.15. The first kappa shape index (κ1) is 14.2. The topological polar surface area (TPSA) is 70.8 Å². The van der Waals surface area contributed by atoms with Gasteiger partial charge in [-0.15, -0.1) is 0 Å². The van der Waals surface area contributed by atoms with Crippen molar-refractivity contribution in [3.05, 3.63) is 40.7 Å². The maximum absolute atomic E-state index is 12.1. The van der Waals surface area contributed by atoms with E-state index in [0.717, 1.165) is 36.2 Å². The van der Waals surface area contributed by atoms with Crippen molar-refractivity contribution < 1.29 is 14.9 Å². The summed E-state index contributed by atoms with van der Waals surface area (Å²) >= 11 is 0. The fraction of sp³-hybridized carbons (Fsp3) is 0.526. The van der Waals surface area contributed by atoms with Crippen molar-refractivity contribution in [2.45, 2.75) is 42.4 Å². The number of likely N-dealkylation sites (tertiary alicyclic amines) is 1. The lowest BCUT2D eigenvalue weighted by molar-refractivity contribution is -0.168. The summed E-state index contributed by atoms with van der Waals surface area (Å²) in [5.74, 6) is 0.740. The SMILES string of the molecule is CN1CCC23c4c5ccc(O)c4OC2c2c(cnn2C)CC3(O)C1C5. The van der Waals surface area contributed by atoms with Crippen LogP contribution in [-0.2, 0) is 25.3 Å². The van der Waals surface area contributed by atoms with Crippen LogP contribution in [0.5, 0.6) is 11.5 Å². The highest BCUT2D eigenvalue weighted by atomic mass is 16.5. The zero-order valence-corrected chi connectivity index (χ0v) is 14.4. The van der Waals surface area contributed by atoms with Gasteiger partial charge in [0.2, 0.25) is 0 Å². The fourth-order valence-corrected chi connectivity index (χ4v) is 6.18. The minimum absolute atomic E-state index is 0.0451. The normalized spacial score (nSPS) is 37.4. The number of aromatic hydroxyl groups is 1. The van der Waals surface area contributed by atoms with E-state index in [2.05, 4.69) is 17.0 Å². The standard InChI is InChI=1S/C19H21N3O3/c1-21-6-5-18-14-10-3-4-12(23)16(14)25-17(18)15-11(9-20-22(15)2)8-19(18,24)13(21)7-10/h3-4,9,13,17,23-24H,5-8H2,1-2H3. The smallest absolute Gasteiger partial charge is 0.166 e. The van der Waals surface area contributed by atoms with Crippen LogP contribution in [0.1, 0.15) is 34.9 Å². The average Bonchev–Trinajstić information content (AvgIpc) is 3.10. The molecule has 4 atom stereocenters. The summed E-state index contributed by atoms with van der Waals surface area (Å²) in [5, 5.41) is 27.0. The molecule has 2 bridgehead atoms. The Morgan fingerprint density at radius 3 is 2.96 bits per heavy atom. The van der Waals surface area contributed by atoms with E-state index in [1.54, 1.807) is 6.07 Å². The predicted octanol–water partition coefficient (Wildman–Crippen LogP) is 1.04. The van der Waals surface area contributed by atoms with Gasteiger partial charge >= 0.3 is 0 Å². The summed E-state index contributed by atoms with van der Waals surface area (Å²) in [6.07, 6.45) is 3.74. The lowest BCUT2D eigenvalue weighted by Gasteiger charge is -2.62. The molecular formula is C19H21N3O3. The lowest BCUT2D eigenvalue weighted by Crippen LogP contribution is -2.73. The third kappa shape index (κ3) is 1.30. The Kier molecular flexibility index (Phi) is 2.28. The summed E-state index contributed by atoms with van der Waals surface area (Å²) in [5.41, 5.74) is 2.91. The molecule has 1 saturated heterocycles. The maximum Gasteiger partial charge on any atom is 0.166 e. The first-order chi connectivity index (χ1) is 12.0. The molecule has 2 N–H and O–H groups in total. The van der Waals surface area contributed by atoms with E-state index in [1.165, 1.54) is 5.56 Å². The van der Waals surface area contributed by atoms with Crippen molar-refractivity contribution in [1.29, 1.82) is 0 Å². The number of aryl methyl sites for hydroxylation is 1. The molecule has 0 saturated carbocycles. The highest BCUT2D eigenvalue weighted by molar-refractivity contribution is 5.64. The van der Waals surface area contributed by atoms with Crippen LogP contribution < -0.4 is 4.74 Å². The van der Waals surface area contributed by atoms with Crippen molar-refractivity contribution in [3.63, 3.8) is 0 Å². The Morgan fingerprint density at radius 1 is 1.28 bits per heavy atom. The molecule has 25 heavy (non-hydrogen) atoms. The molecular weight excluding hydrogens is 318 g/mol. The molecule has 130 valence electrons. The number of fused-ring (bicyclic) bond motifs is 2. The molecule has 2 aliphatic heterocycles. The second-order valence-corrected chi connectivity index (χ2v) is 8.15. The van der Waals surface area contributed by atoms with Crippen LogP contribution in [0.4, 0.5) is 0 Å². The summed E-state index contributed by atoms with van der Waals surface area (Å²) < 4.78 is 8.26. The van der Waals surface area contributed by atoms with Crippen LogP contribution in [-0.4, -0.2) is 50.1 Å². The molecule has 4 unspecified atom stereocenters. The van der Waals surface area contributed by atoms with Crippen molar-refractivity contribution >= 4 is 0 Å². The molecule has 6 nitrogen and oxygen atoms in total. The predicted molar refractivity (Wildman–Crippen MR) is 89.8 cm³/mol. The van der Waals surface area contributed by atoms with E-state index in [1.807, 2.05) is 24.0 Å². The number of rotatable bonds is 0. The molecule has 1 fully saturated rings. The zero-order chi connectivity index (χ0) is 17.1. The number of nitrogens with zero attached hydrogens (tertiary/aromatic N) is 3. The number of ether oxygens (including phenoxy) is 1. The number of hydrogen-bond donors (Lipinski definition) is 2. The summed E-state index contributed by atoms with van der Waals surface area (Å²) in [4.78, 5) is 2.29. The van der Waals surface area contributed by atoms with Gasteiger partial charge in [0, 0.05) is 30.6 Å². The summed E-state index contributed by atoms with van der Waals surface area (Å²) in [6, 6.07) is 3.78. The van der Waals surface area contributed by atoms with Crippen molar-refractivity contribution in [3.8, 4) is 11.5 Å². The van der Waals surface area contributed by atoms with Gasteiger partial charge in [0.1, 0.15) is 0 Å². The van der Waals surface area contributed by atoms with Crippen molar-refractivity contribution in [2.24, 2.45) is 7.05 Å². The number of aromatic nitrogens is 2. The molecule has 0 amide bonds. The van der Waals surface area contributed by atoms with Crippen molar-refractivity contribution in [1.82, 2.24) is 14.7 Å². The van der Waals surface area contributed by atoms with Gasteiger partial charge in [0.15, 0.2) is 17.6 Å². The first-order valence-electron chi connectivity index (χ1n) is 8.93. The Balaban J connectivity index is 1.75. The first-order valence-corrected chi connectivity index (χ1v) is 8.93. The average molecular weight is 339 g/mol. The Morgan fingerprint density at radius 2 is 2.12 bits per heavy atom. The van der Waals surface area contributed by atoms with Crippen molar-refractivity contribution in [2.75, 3.05) is 13.6 Å². The van der Waals surface area contributed by atoms with Gasteiger partial charge in [-0.3, -0.25) is 4.68 Å². The van der Waals surface area contributed by atoms with E-state index in [-0.39, 0.29) is 17.9 Å².